The summed E-state index contributed by atoms with van der Waals surface area (Å²) in [7, 11) is 0. The van der Waals surface area contributed by atoms with Crippen LogP contribution in [-0.2, 0) is 0 Å². The number of thiophene rings is 1. The Morgan fingerprint density at radius 2 is 2.23 bits per heavy atom. The summed E-state index contributed by atoms with van der Waals surface area (Å²) in [6.07, 6.45) is 2.65. The summed E-state index contributed by atoms with van der Waals surface area (Å²) in [5.74, 6) is 0. The van der Waals surface area contributed by atoms with Crippen LogP contribution in [0.25, 0.3) is 0 Å². The lowest BCUT2D eigenvalue weighted by Crippen LogP contribution is -2.33. The molecule has 72 valence electrons. The summed E-state index contributed by atoms with van der Waals surface area (Å²) in [6, 6.07) is 2.03. The van der Waals surface area contributed by atoms with Gasteiger partial charge in [0, 0.05) is 15.9 Å². The number of nitrogens with one attached hydrogen (secondary N) is 1. The lowest BCUT2D eigenvalue weighted by atomic mass is 10.1. The number of halogens is 1. The zero-order chi connectivity index (χ0) is 9.10. The van der Waals surface area contributed by atoms with Crippen molar-refractivity contribution in [1.29, 1.82) is 0 Å². The van der Waals surface area contributed by atoms with Crippen molar-refractivity contribution in [3.05, 3.63) is 15.9 Å². The fourth-order valence-corrected chi connectivity index (χ4v) is 2.76. The molecule has 0 atom stereocenters. The van der Waals surface area contributed by atoms with Gasteiger partial charge in [0.05, 0.1) is 0 Å². The van der Waals surface area contributed by atoms with E-state index in [-0.39, 0.29) is 0 Å². The standard InChI is InChI=1S/C9H12BrNOS/c10-7-5-9(13-6-7)12-8-1-3-11-4-2-8/h5-6,8,11H,1-4H2. The predicted octanol–water partition coefficient (Wildman–Crippen LogP) is 2.64. The van der Waals surface area contributed by atoms with E-state index in [4.69, 9.17) is 4.74 Å². The summed E-state index contributed by atoms with van der Waals surface area (Å²) < 4.78 is 6.94. The molecule has 13 heavy (non-hydrogen) atoms. The molecule has 0 saturated carbocycles. The molecule has 1 aliphatic rings. The largest absolute Gasteiger partial charge is 0.481 e. The van der Waals surface area contributed by atoms with Gasteiger partial charge in [-0.25, -0.2) is 0 Å². The van der Waals surface area contributed by atoms with Crippen LogP contribution in [0.1, 0.15) is 12.8 Å². The highest BCUT2D eigenvalue weighted by Gasteiger charge is 2.14. The Hall–Kier alpha value is -0.0600. The maximum Gasteiger partial charge on any atom is 0.175 e. The number of piperidine rings is 1. The molecule has 2 nitrogen and oxygen atoms in total. The second-order valence-corrected chi connectivity index (χ2v) is 4.94. The van der Waals surface area contributed by atoms with Gasteiger partial charge in [0.2, 0.25) is 0 Å². The molecule has 1 aromatic heterocycles. The highest BCUT2D eigenvalue weighted by molar-refractivity contribution is 9.10. The number of hydrogen-bond donors (Lipinski definition) is 1. The van der Waals surface area contributed by atoms with Gasteiger partial charge in [-0.1, -0.05) is 0 Å². The normalized spacial score (nSPS) is 18.8. The van der Waals surface area contributed by atoms with Crippen molar-refractivity contribution < 1.29 is 4.74 Å². The van der Waals surface area contributed by atoms with Crippen molar-refractivity contribution in [2.75, 3.05) is 13.1 Å². The third-order valence-corrected chi connectivity index (χ3v) is 3.69. The smallest absolute Gasteiger partial charge is 0.175 e. The lowest BCUT2D eigenvalue weighted by molar-refractivity contribution is 0.168. The highest BCUT2D eigenvalue weighted by Crippen LogP contribution is 2.28. The van der Waals surface area contributed by atoms with Crippen LogP contribution in [0.2, 0.25) is 0 Å². The zero-order valence-electron chi connectivity index (χ0n) is 7.25. The summed E-state index contributed by atoms with van der Waals surface area (Å²) >= 11 is 5.07. The topological polar surface area (TPSA) is 21.3 Å². The zero-order valence-corrected chi connectivity index (χ0v) is 9.66. The summed E-state index contributed by atoms with van der Waals surface area (Å²) in [5, 5.41) is 6.40. The molecular formula is C9H12BrNOS. The molecule has 1 fully saturated rings. The first-order valence-corrected chi connectivity index (χ1v) is 6.13. The van der Waals surface area contributed by atoms with Crippen molar-refractivity contribution in [3.63, 3.8) is 0 Å². The van der Waals surface area contributed by atoms with Crippen molar-refractivity contribution >= 4 is 27.3 Å². The minimum Gasteiger partial charge on any atom is -0.481 e. The number of hydrogen-bond acceptors (Lipinski definition) is 3. The Morgan fingerprint density at radius 1 is 1.46 bits per heavy atom. The van der Waals surface area contributed by atoms with E-state index in [0.29, 0.717) is 6.10 Å². The van der Waals surface area contributed by atoms with Gasteiger partial charge in [-0.2, -0.15) is 0 Å². The van der Waals surface area contributed by atoms with E-state index in [9.17, 15) is 0 Å². The maximum atomic E-state index is 5.82. The first-order valence-electron chi connectivity index (χ1n) is 4.46. The van der Waals surface area contributed by atoms with E-state index in [0.717, 1.165) is 35.5 Å². The Labute approximate surface area is 90.4 Å². The van der Waals surface area contributed by atoms with Crippen LogP contribution < -0.4 is 10.1 Å². The molecule has 1 aliphatic heterocycles. The third-order valence-electron chi connectivity index (χ3n) is 2.11. The first-order chi connectivity index (χ1) is 6.34. The number of ether oxygens (including phenoxy) is 1. The van der Waals surface area contributed by atoms with Gasteiger partial charge in [-0.15, -0.1) is 11.3 Å². The highest BCUT2D eigenvalue weighted by atomic mass is 79.9. The van der Waals surface area contributed by atoms with Crippen LogP contribution in [0.3, 0.4) is 0 Å². The monoisotopic (exact) mass is 261 g/mol. The molecule has 1 saturated heterocycles. The molecule has 2 heterocycles. The predicted molar refractivity (Wildman–Crippen MR) is 58.5 cm³/mol. The van der Waals surface area contributed by atoms with Crippen LogP contribution in [0.15, 0.2) is 15.9 Å². The van der Waals surface area contributed by atoms with Crippen molar-refractivity contribution in [1.82, 2.24) is 5.32 Å². The molecule has 0 unspecified atom stereocenters. The van der Waals surface area contributed by atoms with Gasteiger partial charge < -0.3 is 10.1 Å². The van der Waals surface area contributed by atoms with Crippen LogP contribution in [0.4, 0.5) is 0 Å². The van der Waals surface area contributed by atoms with Crippen LogP contribution in [-0.4, -0.2) is 19.2 Å². The molecule has 2 rings (SSSR count). The van der Waals surface area contributed by atoms with Gasteiger partial charge in [0.15, 0.2) is 5.06 Å². The minimum absolute atomic E-state index is 0.409. The van der Waals surface area contributed by atoms with Gasteiger partial charge in [0.1, 0.15) is 6.10 Å². The summed E-state index contributed by atoms with van der Waals surface area (Å²) in [5.41, 5.74) is 0. The fraction of sp³-hybridized carbons (Fsp3) is 0.556. The second-order valence-electron chi connectivity index (χ2n) is 3.15. The van der Waals surface area contributed by atoms with Gasteiger partial charge in [-0.3, -0.25) is 0 Å². The van der Waals surface area contributed by atoms with E-state index in [2.05, 4.69) is 26.6 Å². The molecule has 0 aromatic carbocycles. The van der Waals surface area contributed by atoms with Crippen molar-refractivity contribution in [2.24, 2.45) is 0 Å². The van der Waals surface area contributed by atoms with Gasteiger partial charge >= 0.3 is 0 Å². The maximum absolute atomic E-state index is 5.82. The molecule has 1 aromatic rings. The van der Waals surface area contributed by atoms with E-state index in [1.165, 1.54) is 0 Å². The molecular weight excluding hydrogens is 250 g/mol. The SMILES string of the molecule is Brc1csc(OC2CCNCC2)c1. The molecule has 0 aliphatic carbocycles. The summed E-state index contributed by atoms with van der Waals surface area (Å²) in [4.78, 5) is 0. The van der Waals surface area contributed by atoms with Crippen LogP contribution in [0.5, 0.6) is 5.06 Å². The molecule has 0 bridgehead atoms. The second kappa shape index (κ2) is 4.44. The first kappa shape index (κ1) is 9.49. The Morgan fingerprint density at radius 3 is 2.85 bits per heavy atom. The van der Waals surface area contributed by atoms with E-state index < -0.39 is 0 Å². The Bertz CT molecular complexity index is 270. The lowest BCUT2D eigenvalue weighted by Gasteiger charge is -2.22. The van der Waals surface area contributed by atoms with E-state index >= 15 is 0 Å². The quantitative estimate of drug-likeness (QED) is 0.884. The minimum atomic E-state index is 0.409. The van der Waals surface area contributed by atoms with E-state index in [1.54, 1.807) is 11.3 Å². The molecule has 0 radical (unpaired) electrons. The van der Waals surface area contributed by atoms with Crippen LogP contribution >= 0.6 is 27.3 Å². The van der Waals surface area contributed by atoms with Crippen molar-refractivity contribution in [3.8, 4) is 5.06 Å². The average molecular weight is 262 g/mol. The molecule has 4 heteroatoms. The molecule has 1 N–H and O–H groups in total. The number of rotatable bonds is 2. The Balaban J connectivity index is 1.89. The fourth-order valence-electron chi connectivity index (χ4n) is 1.43. The van der Waals surface area contributed by atoms with Crippen LogP contribution in [0, 0.1) is 0 Å². The van der Waals surface area contributed by atoms with Crippen molar-refractivity contribution in [2.45, 2.75) is 18.9 Å². The molecule has 0 spiro atoms. The average Bonchev–Trinajstić information content (AvgIpc) is 2.53. The Kier molecular flexibility index (Phi) is 3.24. The molecule has 0 amide bonds. The third kappa shape index (κ3) is 2.69. The van der Waals surface area contributed by atoms with Gasteiger partial charge in [-0.05, 0) is 41.9 Å². The van der Waals surface area contributed by atoms with Gasteiger partial charge in [0.25, 0.3) is 0 Å². The summed E-state index contributed by atoms with van der Waals surface area (Å²) in [6.45, 7) is 2.16. The van der Waals surface area contributed by atoms with E-state index in [1.807, 2.05) is 6.07 Å².